The lowest BCUT2D eigenvalue weighted by molar-refractivity contribution is 0.0952. The highest BCUT2D eigenvalue weighted by atomic mass is 35.5. The number of amides is 1. The van der Waals surface area contributed by atoms with E-state index in [1.54, 1.807) is 24.3 Å². The number of aryl methyl sites for hydroxylation is 2. The van der Waals surface area contributed by atoms with E-state index >= 15 is 0 Å². The van der Waals surface area contributed by atoms with Gasteiger partial charge in [-0.15, -0.1) is 0 Å². The van der Waals surface area contributed by atoms with Crippen LogP contribution in [0.4, 0.5) is 0 Å². The number of aromatic nitrogens is 1. The molecule has 1 amide bonds. The lowest BCUT2D eigenvalue weighted by Gasteiger charge is -2.10. The minimum atomic E-state index is -0.0926. The smallest absolute Gasteiger partial charge is 0.251 e. The quantitative estimate of drug-likeness (QED) is 0.914. The standard InChI is InChI=1S/C15H17ClN2O/c1-11-6-7-12(2)18(11)9-8-17-15(19)13-4-3-5-14(16)10-13/h3-7,10H,8-9H2,1-2H3,(H,17,19). The molecule has 0 radical (unpaired) electrons. The Bertz CT molecular complexity index is 570. The Morgan fingerprint density at radius 3 is 2.53 bits per heavy atom. The van der Waals surface area contributed by atoms with Gasteiger partial charge in [-0.3, -0.25) is 4.79 Å². The second kappa shape index (κ2) is 5.93. The Balaban J connectivity index is 1.91. The average Bonchev–Trinajstić information content (AvgIpc) is 2.70. The molecular formula is C15H17ClN2O. The first-order valence-corrected chi connectivity index (χ1v) is 6.62. The second-order valence-corrected chi connectivity index (χ2v) is 4.97. The Morgan fingerprint density at radius 1 is 1.21 bits per heavy atom. The molecule has 0 unspecified atom stereocenters. The fraction of sp³-hybridized carbons (Fsp3) is 0.267. The first-order chi connectivity index (χ1) is 9.08. The monoisotopic (exact) mass is 276 g/mol. The summed E-state index contributed by atoms with van der Waals surface area (Å²) in [5.74, 6) is -0.0926. The summed E-state index contributed by atoms with van der Waals surface area (Å²) in [6.07, 6.45) is 0. The van der Waals surface area contributed by atoms with Gasteiger partial charge in [-0.25, -0.2) is 0 Å². The Kier molecular flexibility index (Phi) is 4.27. The molecule has 0 aliphatic heterocycles. The number of halogens is 1. The summed E-state index contributed by atoms with van der Waals surface area (Å²) < 4.78 is 2.18. The molecule has 100 valence electrons. The third-order valence-electron chi connectivity index (χ3n) is 3.13. The average molecular weight is 277 g/mol. The van der Waals surface area contributed by atoms with E-state index in [9.17, 15) is 4.79 Å². The second-order valence-electron chi connectivity index (χ2n) is 4.53. The third-order valence-corrected chi connectivity index (χ3v) is 3.36. The van der Waals surface area contributed by atoms with Gasteiger partial charge in [0.05, 0.1) is 0 Å². The van der Waals surface area contributed by atoms with E-state index < -0.39 is 0 Å². The molecule has 2 rings (SSSR count). The number of rotatable bonds is 4. The van der Waals surface area contributed by atoms with E-state index in [-0.39, 0.29) is 5.91 Å². The zero-order valence-electron chi connectivity index (χ0n) is 11.1. The molecule has 0 spiro atoms. The highest BCUT2D eigenvalue weighted by Gasteiger charge is 2.06. The lowest BCUT2D eigenvalue weighted by Crippen LogP contribution is -2.27. The number of hydrogen-bond acceptors (Lipinski definition) is 1. The summed E-state index contributed by atoms with van der Waals surface area (Å²) in [5.41, 5.74) is 3.00. The van der Waals surface area contributed by atoms with E-state index in [2.05, 4.69) is 35.9 Å². The zero-order chi connectivity index (χ0) is 13.8. The van der Waals surface area contributed by atoms with Gasteiger partial charge in [-0.2, -0.15) is 0 Å². The number of carbonyl (C=O) groups is 1. The molecule has 3 nitrogen and oxygen atoms in total. The van der Waals surface area contributed by atoms with Gasteiger partial charge in [0.15, 0.2) is 0 Å². The van der Waals surface area contributed by atoms with Crippen LogP contribution < -0.4 is 5.32 Å². The summed E-state index contributed by atoms with van der Waals surface area (Å²) in [7, 11) is 0. The fourth-order valence-electron chi connectivity index (χ4n) is 2.07. The summed E-state index contributed by atoms with van der Waals surface area (Å²) in [6.45, 7) is 5.50. The minimum Gasteiger partial charge on any atom is -0.350 e. The van der Waals surface area contributed by atoms with Gasteiger partial charge in [-0.05, 0) is 44.2 Å². The van der Waals surface area contributed by atoms with Crippen LogP contribution >= 0.6 is 11.6 Å². The Labute approximate surface area is 118 Å². The lowest BCUT2D eigenvalue weighted by atomic mass is 10.2. The van der Waals surface area contributed by atoms with Crippen LogP contribution in [0.5, 0.6) is 0 Å². The van der Waals surface area contributed by atoms with Crippen LogP contribution in [0.15, 0.2) is 36.4 Å². The van der Waals surface area contributed by atoms with Crippen molar-refractivity contribution in [2.75, 3.05) is 6.54 Å². The van der Waals surface area contributed by atoms with Crippen molar-refractivity contribution in [2.45, 2.75) is 20.4 Å². The molecule has 0 saturated heterocycles. The van der Waals surface area contributed by atoms with Gasteiger partial charge < -0.3 is 9.88 Å². The predicted molar refractivity (Wildman–Crippen MR) is 77.7 cm³/mol. The molecule has 0 fully saturated rings. The summed E-state index contributed by atoms with van der Waals surface area (Å²) >= 11 is 5.86. The van der Waals surface area contributed by atoms with Crippen molar-refractivity contribution >= 4 is 17.5 Å². The molecule has 0 aliphatic carbocycles. The van der Waals surface area contributed by atoms with Gasteiger partial charge in [0, 0.05) is 35.1 Å². The highest BCUT2D eigenvalue weighted by Crippen LogP contribution is 2.10. The van der Waals surface area contributed by atoms with Crippen molar-refractivity contribution in [2.24, 2.45) is 0 Å². The molecular weight excluding hydrogens is 260 g/mol. The first kappa shape index (κ1) is 13.7. The van der Waals surface area contributed by atoms with E-state index in [1.807, 2.05) is 0 Å². The molecule has 1 heterocycles. The molecule has 19 heavy (non-hydrogen) atoms. The molecule has 4 heteroatoms. The number of hydrogen-bond donors (Lipinski definition) is 1. The number of nitrogens with one attached hydrogen (secondary N) is 1. The van der Waals surface area contributed by atoms with Crippen molar-refractivity contribution in [1.82, 2.24) is 9.88 Å². The SMILES string of the molecule is Cc1ccc(C)n1CCNC(=O)c1cccc(Cl)c1. The summed E-state index contributed by atoms with van der Waals surface area (Å²) in [6, 6.07) is 11.1. The van der Waals surface area contributed by atoms with Crippen LogP contribution in [-0.4, -0.2) is 17.0 Å². The van der Waals surface area contributed by atoms with Crippen LogP contribution in [0.25, 0.3) is 0 Å². The molecule has 1 N–H and O–H groups in total. The zero-order valence-corrected chi connectivity index (χ0v) is 11.9. The maximum absolute atomic E-state index is 11.9. The van der Waals surface area contributed by atoms with Crippen molar-refractivity contribution in [3.05, 3.63) is 58.4 Å². The molecule has 0 saturated carbocycles. The highest BCUT2D eigenvalue weighted by molar-refractivity contribution is 6.30. The van der Waals surface area contributed by atoms with Crippen molar-refractivity contribution in [3.63, 3.8) is 0 Å². The number of benzene rings is 1. The molecule has 2 aromatic rings. The van der Waals surface area contributed by atoms with Gasteiger partial charge >= 0.3 is 0 Å². The molecule has 1 aromatic carbocycles. The van der Waals surface area contributed by atoms with Gasteiger partial charge in [0.25, 0.3) is 5.91 Å². The Hall–Kier alpha value is -1.74. The van der Waals surface area contributed by atoms with Crippen LogP contribution in [0.3, 0.4) is 0 Å². The molecule has 1 aromatic heterocycles. The largest absolute Gasteiger partial charge is 0.350 e. The van der Waals surface area contributed by atoms with Gasteiger partial charge in [0.2, 0.25) is 0 Å². The van der Waals surface area contributed by atoms with Crippen LogP contribution in [0, 0.1) is 13.8 Å². The summed E-state index contributed by atoms with van der Waals surface area (Å²) in [5, 5.41) is 3.47. The van der Waals surface area contributed by atoms with E-state index in [0.717, 1.165) is 6.54 Å². The number of nitrogens with zero attached hydrogens (tertiary/aromatic N) is 1. The minimum absolute atomic E-state index is 0.0926. The van der Waals surface area contributed by atoms with Crippen LogP contribution in [0.1, 0.15) is 21.7 Å². The molecule has 0 atom stereocenters. The van der Waals surface area contributed by atoms with Crippen LogP contribution in [-0.2, 0) is 6.54 Å². The first-order valence-electron chi connectivity index (χ1n) is 6.24. The predicted octanol–water partition coefficient (Wildman–Crippen LogP) is 3.19. The van der Waals surface area contributed by atoms with E-state index in [4.69, 9.17) is 11.6 Å². The van der Waals surface area contributed by atoms with Crippen molar-refractivity contribution < 1.29 is 4.79 Å². The van der Waals surface area contributed by atoms with Crippen molar-refractivity contribution in [1.29, 1.82) is 0 Å². The van der Waals surface area contributed by atoms with E-state index in [1.165, 1.54) is 11.4 Å². The van der Waals surface area contributed by atoms with Crippen molar-refractivity contribution in [3.8, 4) is 0 Å². The normalized spacial score (nSPS) is 10.5. The molecule has 0 bridgehead atoms. The third kappa shape index (κ3) is 3.38. The van der Waals surface area contributed by atoms with Crippen LogP contribution in [0.2, 0.25) is 5.02 Å². The maximum Gasteiger partial charge on any atom is 0.251 e. The number of carbonyl (C=O) groups excluding carboxylic acids is 1. The topological polar surface area (TPSA) is 34.0 Å². The Morgan fingerprint density at radius 2 is 1.89 bits per heavy atom. The van der Waals surface area contributed by atoms with Gasteiger partial charge in [0.1, 0.15) is 0 Å². The fourth-order valence-corrected chi connectivity index (χ4v) is 2.26. The maximum atomic E-state index is 11.9. The van der Waals surface area contributed by atoms with E-state index in [0.29, 0.717) is 17.1 Å². The molecule has 0 aliphatic rings. The van der Waals surface area contributed by atoms with Gasteiger partial charge in [-0.1, -0.05) is 17.7 Å². The summed E-state index contributed by atoms with van der Waals surface area (Å²) in [4.78, 5) is 11.9.